The molecule has 1 aromatic heterocycles. The van der Waals surface area contributed by atoms with E-state index in [9.17, 15) is 9.90 Å². The average Bonchev–Trinajstić information content (AvgIpc) is 3.05. The van der Waals surface area contributed by atoms with Gasteiger partial charge in [0, 0.05) is 6.54 Å². The lowest BCUT2D eigenvalue weighted by molar-refractivity contribution is -0.124. The average molecular weight is 352 g/mol. The van der Waals surface area contributed by atoms with E-state index in [1.54, 1.807) is 18.5 Å². The Hall–Kier alpha value is -3.35. The van der Waals surface area contributed by atoms with Crippen molar-refractivity contribution in [2.24, 2.45) is 11.0 Å². The second-order valence-corrected chi connectivity index (χ2v) is 5.95. The molecule has 0 aliphatic carbocycles. The van der Waals surface area contributed by atoms with Crippen LogP contribution >= 0.6 is 0 Å². The molecule has 0 saturated carbocycles. The van der Waals surface area contributed by atoms with Crippen LogP contribution in [0.25, 0.3) is 11.0 Å². The molecule has 0 bridgehead atoms. The number of hydrazone groups is 1. The number of aromatic hydroxyl groups is 1. The fourth-order valence-electron chi connectivity index (χ4n) is 2.60. The van der Waals surface area contributed by atoms with Crippen molar-refractivity contribution in [3.8, 4) is 11.5 Å². The second kappa shape index (κ2) is 7.69. The number of carbonyl (C=O) groups is 1. The molecule has 1 amide bonds. The Kier molecular flexibility index (Phi) is 5.17. The van der Waals surface area contributed by atoms with Crippen LogP contribution in [0.4, 0.5) is 0 Å². The first kappa shape index (κ1) is 17.5. The van der Waals surface area contributed by atoms with Crippen molar-refractivity contribution in [3.63, 3.8) is 0 Å². The lowest BCUT2D eigenvalue weighted by Gasteiger charge is -2.11. The number of imidazole rings is 1. The zero-order valence-corrected chi connectivity index (χ0v) is 14.6. The second-order valence-electron chi connectivity index (χ2n) is 5.95. The van der Waals surface area contributed by atoms with Gasteiger partial charge in [-0.25, -0.2) is 10.4 Å². The number of hydrogen-bond acceptors (Lipinski definition) is 5. The van der Waals surface area contributed by atoms with Crippen LogP contribution in [0, 0.1) is 5.92 Å². The quantitative estimate of drug-likeness (QED) is 0.527. The number of benzene rings is 2. The highest BCUT2D eigenvalue weighted by molar-refractivity contribution is 5.84. The standard InChI is InChI=1S/C19H20N4O3/c1-13(11-23-12-20-15-5-3-4-6-16(15)23)19(25)22-21-10-14-7-8-18(26-2)17(24)9-14/h3-10,12-13,24H,11H2,1-2H3,(H,22,25)/b21-10-/t13-/m0/s1. The van der Waals surface area contributed by atoms with E-state index in [4.69, 9.17) is 4.74 Å². The Balaban J connectivity index is 1.60. The Morgan fingerprint density at radius 2 is 2.19 bits per heavy atom. The lowest BCUT2D eigenvalue weighted by Crippen LogP contribution is -2.27. The molecule has 0 aliphatic heterocycles. The molecule has 0 unspecified atom stereocenters. The number of aromatic nitrogens is 2. The van der Waals surface area contributed by atoms with Crippen LogP contribution in [0.3, 0.4) is 0 Å². The van der Waals surface area contributed by atoms with E-state index in [1.807, 2.05) is 35.8 Å². The summed E-state index contributed by atoms with van der Waals surface area (Å²) in [6.45, 7) is 2.34. The van der Waals surface area contributed by atoms with E-state index in [0.717, 1.165) is 11.0 Å². The van der Waals surface area contributed by atoms with Crippen molar-refractivity contribution in [3.05, 3.63) is 54.4 Å². The molecule has 0 saturated heterocycles. The smallest absolute Gasteiger partial charge is 0.244 e. The van der Waals surface area contributed by atoms with Gasteiger partial charge in [-0.2, -0.15) is 5.10 Å². The number of rotatable bonds is 6. The minimum absolute atomic E-state index is 0.0168. The van der Waals surface area contributed by atoms with Crippen LogP contribution in [-0.4, -0.2) is 33.9 Å². The highest BCUT2D eigenvalue weighted by Gasteiger charge is 2.14. The van der Waals surface area contributed by atoms with E-state index >= 15 is 0 Å². The summed E-state index contributed by atoms with van der Waals surface area (Å²) in [5.41, 5.74) is 5.06. The maximum Gasteiger partial charge on any atom is 0.244 e. The summed E-state index contributed by atoms with van der Waals surface area (Å²) in [6, 6.07) is 12.7. The molecule has 7 nitrogen and oxygen atoms in total. The lowest BCUT2D eigenvalue weighted by atomic mass is 10.1. The van der Waals surface area contributed by atoms with Gasteiger partial charge < -0.3 is 14.4 Å². The van der Waals surface area contributed by atoms with Gasteiger partial charge in [0.25, 0.3) is 0 Å². The summed E-state index contributed by atoms with van der Waals surface area (Å²) in [5, 5.41) is 13.7. The predicted octanol–water partition coefficient (Wildman–Crippen LogP) is 2.54. The van der Waals surface area contributed by atoms with Gasteiger partial charge in [0.15, 0.2) is 11.5 Å². The molecule has 1 heterocycles. The van der Waals surface area contributed by atoms with Gasteiger partial charge in [0.05, 0.1) is 36.6 Å². The van der Waals surface area contributed by atoms with Crippen molar-refractivity contribution >= 4 is 23.2 Å². The van der Waals surface area contributed by atoms with E-state index in [-0.39, 0.29) is 17.6 Å². The molecule has 0 radical (unpaired) electrons. The van der Waals surface area contributed by atoms with Crippen molar-refractivity contribution in [2.75, 3.05) is 7.11 Å². The molecule has 2 N–H and O–H groups in total. The molecule has 7 heteroatoms. The SMILES string of the molecule is COc1ccc(/C=N\NC(=O)[C@@H](C)Cn2cnc3ccccc32)cc1O. The van der Waals surface area contributed by atoms with Gasteiger partial charge in [-0.3, -0.25) is 4.79 Å². The van der Waals surface area contributed by atoms with Gasteiger partial charge in [-0.15, -0.1) is 0 Å². The summed E-state index contributed by atoms with van der Waals surface area (Å²) < 4.78 is 6.93. The number of nitrogens with one attached hydrogen (secondary N) is 1. The maximum absolute atomic E-state index is 12.2. The van der Waals surface area contributed by atoms with E-state index in [2.05, 4.69) is 15.5 Å². The molecule has 134 valence electrons. The fraction of sp³-hybridized carbons (Fsp3) is 0.211. The minimum Gasteiger partial charge on any atom is -0.504 e. The molecular weight excluding hydrogens is 332 g/mol. The highest BCUT2D eigenvalue weighted by atomic mass is 16.5. The van der Waals surface area contributed by atoms with Crippen LogP contribution in [0.2, 0.25) is 0 Å². The summed E-state index contributed by atoms with van der Waals surface area (Å²) >= 11 is 0. The Labute approximate surface area is 150 Å². The molecule has 1 atom stereocenters. The zero-order valence-electron chi connectivity index (χ0n) is 14.6. The molecule has 3 rings (SSSR count). The first-order valence-corrected chi connectivity index (χ1v) is 8.18. The van der Waals surface area contributed by atoms with Crippen molar-refractivity contribution in [1.82, 2.24) is 15.0 Å². The van der Waals surface area contributed by atoms with Crippen LogP contribution < -0.4 is 10.2 Å². The number of hydrogen-bond donors (Lipinski definition) is 2. The molecule has 26 heavy (non-hydrogen) atoms. The molecule has 3 aromatic rings. The minimum atomic E-state index is -0.283. The van der Waals surface area contributed by atoms with Gasteiger partial charge >= 0.3 is 0 Å². The van der Waals surface area contributed by atoms with E-state index in [0.29, 0.717) is 17.9 Å². The highest BCUT2D eigenvalue weighted by Crippen LogP contribution is 2.25. The van der Waals surface area contributed by atoms with Crippen molar-refractivity contribution < 1.29 is 14.6 Å². The number of ether oxygens (including phenoxy) is 1. The third-order valence-corrected chi connectivity index (χ3v) is 4.04. The normalized spacial score (nSPS) is 12.4. The number of nitrogens with zero attached hydrogens (tertiary/aromatic N) is 3. The number of carbonyl (C=O) groups excluding carboxylic acids is 1. The number of phenols is 1. The largest absolute Gasteiger partial charge is 0.504 e. The number of fused-ring (bicyclic) bond motifs is 1. The predicted molar refractivity (Wildman–Crippen MR) is 99.3 cm³/mol. The summed E-state index contributed by atoms with van der Waals surface area (Å²) in [6.07, 6.45) is 3.20. The first-order valence-electron chi connectivity index (χ1n) is 8.18. The van der Waals surface area contributed by atoms with Crippen LogP contribution in [-0.2, 0) is 11.3 Å². The summed E-state index contributed by atoms with van der Waals surface area (Å²) in [4.78, 5) is 16.6. The Morgan fingerprint density at radius 1 is 1.38 bits per heavy atom. The molecule has 0 aliphatic rings. The van der Waals surface area contributed by atoms with Crippen LogP contribution in [0.15, 0.2) is 53.9 Å². The molecular formula is C19H20N4O3. The zero-order chi connectivity index (χ0) is 18.5. The molecule has 0 spiro atoms. The van der Waals surface area contributed by atoms with E-state index in [1.165, 1.54) is 19.4 Å². The topological polar surface area (TPSA) is 88.7 Å². The van der Waals surface area contributed by atoms with Crippen LogP contribution in [0.5, 0.6) is 11.5 Å². The maximum atomic E-state index is 12.2. The number of amides is 1. The number of para-hydroxylation sites is 2. The van der Waals surface area contributed by atoms with Gasteiger partial charge in [-0.1, -0.05) is 19.1 Å². The summed E-state index contributed by atoms with van der Waals surface area (Å²) in [5.74, 6) is -0.0821. The number of phenolic OH excluding ortho intramolecular Hbond substituents is 1. The third kappa shape index (κ3) is 3.83. The van der Waals surface area contributed by atoms with Gasteiger partial charge in [0.2, 0.25) is 5.91 Å². The number of methoxy groups -OCH3 is 1. The Morgan fingerprint density at radius 3 is 2.96 bits per heavy atom. The Bertz CT molecular complexity index is 949. The molecule has 2 aromatic carbocycles. The van der Waals surface area contributed by atoms with Gasteiger partial charge in [-0.05, 0) is 35.9 Å². The summed E-state index contributed by atoms with van der Waals surface area (Å²) in [7, 11) is 1.48. The fourth-order valence-corrected chi connectivity index (χ4v) is 2.60. The van der Waals surface area contributed by atoms with Gasteiger partial charge in [0.1, 0.15) is 0 Å². The van der Waals surface area contributed by atoms with Crippen molar-refractivity contribution in [1.29, 1.82) is 0 Å². The van der Waals surface area contributed by atoms with Crippen LogP contribution in [0.1, 0.15) is 12.5 Å². The molecule has 0 fully saturated rings. The monoisotopic (exact) mass is 352 g/mol. The van der Waals surface area contributed by atoms with E-state index < -0.39 is 0 Å². The van der Waals surface area contributed by atoms with Crippen molar-refractivity contribution in [2.45, 2.75) is 13.5 Å². The first-order chi connectivity index (χ1) is 12.6. The third-order valence-electron chi connectivity index (χ3n) is 4.04.